The van der Waals surface area contributed by atoms with Gasteiger partial charge in [-0.15, -0.1) is 0 Å². The second-order valence-corrected chi connectivity index (χ2v) is 6.25. The van der Waals surface area contributed by atoms with Gasteiger partial charge in [-0.3, -0.25) is 4.79 Å². The van der Waals surface area contributed by atoms with Crippen LogP contribution >= 0.6 is 0 Å². The van der Waals surface area contributed by atoms with Crippen molar-refractivity contribution in [3.05, 3.63) is 28.6 Å². The molecule has 1 heterocycles. The molecule has 0 saturated carbocycles. The number of unbranched alkanes of at least 4 members (excludes halogenated alkanes) is 3. The van der Waals surface area contributed by atoms with Crippen LogP contribution in [0.15, 0.2) is 23.0 Å². The molecule has 0 aliphatic carbocycles. The van der Waals surface area contributed by atoms with Crippen molar-refractivity contribution >= 4 is 10.9 Å². The van der Waals surface area contributed by atoms with Crippen molar-refractivity contribution in [3.8, 4) is 17.2 Å². The Balaban J connectivity index is 2.61. The van der Waals surface area contributed by atoms with Crippen LogP contribution < -0.4 is 15.0 Å². The molecule has 132 valence electrons. The van der Waals surface area contributed by atoms with E-state index < -0.39 is 0 Å². The summed E-state index contributed by atoms with van der Waals surface area (Å²) in [4.78, 5) is 12.9. The van der Waals surface area contributed by atoms with Crippen molar-refractivity contribution < 1.29 is 14.6 Å². The van der Waals surface area contributed by atoms with Gasteiger partial charge in [0, 0.05) is 18.0 Å². The Morgan fingerprint density at radius 3 is 2.54 bits per heavy atom. The zero-order valence-corrected chi connectivity index (χ0v) is 15.0. The lowest BCUT2D eigenvalue weighted by atomic mass is 10.1. The van der Waals surface area contributed by atoms with E-state index in [1.807, 2.05) is 13.8 Å². The van der Waals surface area contributed by atoms with E-state index in [2.05, 4.69) is 6.92 Å². The molecule has 1 N–H and O–H groups in total. The van der Waals surface area contributed by atoms with Crippen molar-refractivity contribution in [3.63, 3.8) is 0 Å². The number of rotatable bonds is 8. The highest BCUT2D eigenvalue weighted by Crippen LogP contribution is 2.34. The summed E-state index contributed by atoms with van der Waals surface area (Å²) in [6.45, 7) is 6.51. The first-order chi connectivity index (χ1) is 11.5. The number of ether oxygens (including phenoxy) is 2. The highest BCUT2D eigenvalue weighted by atomic mass is 16.5. The molecule has 2 aromatic rings. The van der Waals surface area contributed by atoms with Crippen molar-refractivity contribution in [2.45, 2.75) is 59.1 Å². The topological polar surface area (TPSA) is 60.7 Å². The maximum absolute atomic E-state index is 12.9. The van der Waals surface area contributed by atoms with Crippen molar-refractivity contribution in [2.75, 3.05) is 7.11 Å². The maximum atomic E-state index is 12.9. The molecule has 2 rings (SSSR count). The monoisotopic (exact) mass is 333 g/mol. The van der Waals surface area contributed by atoms with E-state index in [1.165, 1.54) is 7.11 Å². The third kappa shape index (κ3) is 3.83. The predicted molar refractivity (Wildman–Crippen MR) is 96.3 cm³/mol. The summed E-state index contributed by atoms with van der Waals surface area (Å²) in [5.41, 5.74) is 0.458. The van der Waals surface area contributed by atoms with E-state index in [-0.39, 0.29) is 23.2 Å². The van der Waals surface area contributed by atoms with Crippen LogP contribution in [0.1, 0.15) is 46.5 Å². The lowest BCUT2D eigenvalue weighted by molar-refractivity contribution is 0.226. The number of hydrogen-bond acceptors (Lipinski definition) is 4. The summed E-state index contributed by atoms with van der Waals surface area (Å²) < 4.78 is 12.9. The second kappa shape index (κ2) is 8.08. The summed E-state index contributed by atoms with van der Waals surface area (Å²) >= 11 is 0. The predicted octanol–water partition coefficient (Wildman–Crippen LogP) is 4.08. The Hall–Kier alpha value is -2.17. The molecule has 0 aliphatic rings. The van der Waals surface area contributed by atoms with Gasteiger partial charge in [0.05, 0.1) is 18.7 Å². The van der Waals surface area contributed by atoms with Gasteiger partial charge < -0.3 is 19.1 Å². The van der Waals surface area contributed by atoms with E-state index in [0.717, 1.165) is 31.1 Å². The van der Waals surface area contributed by atoms with Gasteiger partial charge in [0.1, 0.15) is 5.75 Å². The molecule has 0 radical (unpaired) electrons. The van der Waals surface area contributed by atoms with E-state index in [9.17, 15) is 9.90 Å². The number of methoxy groups -OCH3 is 1. The van der Waals surface area contributed by atoms with Gasteiger partial charge >= 0.3 is 0 Å². The number of phenolic OH excluding ortho intramolecular Hbond substituents is 1. The lowest BCUT2D eigenvalue weighted by Gasteiger charge is -2.19. The van der Waals surface area contributed by atoms with Gasteiger partial charge in [0.15, 0.2) is 5.75 Å². The molecule has 5 heteroatoms. The van der Waals surface area contributed by atoms with Crippen LogP contribution in [0.4, 0.5) is 0 Å². The maximum Gasteiger partial charge on any atom is 0.297 e. The van der Waals surface area contributed by atoms with Crippen molar-refractivity contribution in [1.82, 2.24) is 4.57 Å². The summed E-state index contributed by atoms with van der Waals surface area (Å²) in [5.74, 6) is 0.790. The van der Waals surface area contributed by atoms with Gasteiger partial charge in [-0.05, 0) is 32.4 Å². The second-order valence-electron chi connectivity index (χ2n) is 6.25. The first kappa shape index (κ1) is 18.2. The Bertz CT molecular complexity index is 749. The molecule has 0 unspecified atom stereocenters. The number of aromatic nitrogens is 1. The fourth-order valence-corrected chi connectivity index (χ4v) is 2.85. The molecule has 0 saturated heterocycles. The standard InChI is InChI=1S/C19H27NO4/c1-5-6-7-8-11-20-16-12-14(21)9-10-15(16)17(23-4)18(19(20)22)24-13(2)3/h9-10,12-13,21H,5-8,11H2,1-4H3. The molecule has 24 heavy (non-hydrogen) atoms. The zero-order chi connectivity index (χ0) is 17.7. The molecule has 0 aliphatic heterocycles. The number of nitrogens with zero attached hydrogens (tertiary/aromatic N) is 1. The van der Waals surface area contributed by atoms with Gasteiger partial charge in [0.2, 0.25) is 5.75 Å². The highest BCUT2D eigenvalue weighted by molar-refractivity contribution is 5.89. The molecule has 0 fully saturated rings. The van der Waals surface area contributed by atoms with E-state index in [4.69, 9.17) is 9.47 Å². The lowest BCUT2D eigenvalue weighted by Crippen LogP contribution is -2.25. The third-order valence-corrected chi connectivity index (χ3v) is 3.96. The molecule has 0 atom stereocenters. The summed E-state index contributed by atoms with van der Waals surface area (Å²) in [5, 5.41) is 10.6. The van der Waals surface area contributed by atoms with Crippen LogP contribution in [0.5, 0.6) is 17.2 Å². The van der Waals surface area contributed by atoms with Crippen LogP contribution in [-0.2, 0) is 6.54 Å². The van der Waals surface area contributed by atoms with Gasteiger partial charge in [0.25, 0.3) is 5.56 Å². The largest absolute Gasteiger partial charge is 0.508 e. The fraction of sp³-hybridized carbons (Fsp3) is 0.526. The van der Waals surface area contributed by atoms with Crippen LogP contribution in [0.25, 0.3) is 10.9 Å². The molecular formula is C19H27NO4. The summed E-state index contributed by atoms with van der Waals surface area (Å²) in [7, 11) is 1.53. The van der Waals surface area contributed by atoms with Gasteiger partial charge in [-0.1, -0.05) is 26.2 Å². The van der Waals surface area contributed by atoms with Crippen molar-refractivity contribution in [1.29, 1.82) is 0 Å². The Labute approximate surface area is 142 Å². The molecule has 0 amide bonds. The third-order valence-electron chi connectivity index (χ3n) is 3.96. The average Bonchev–Trinajstić information content (AvgIpc) is 2.54. The molecule has 5 nitrogen and oxygen atoms in total. The van der Waals surface area contributed by atoms with E-state index >= 15 is 0 Å². The first-order valence-corrected chi connectivity index (χ1v) is 8.59. The molecule has 0 spiro atoms. The van der Waals surface area contributed by atoms with Crippen LogP contribution in [-0.4, -0.2) is 22.9 Å². The fourth-order valence-electron chi connectivity index (χ4n) is 2.85. The van der Waals surface area contributed by atoms with Gasteiger partial charge in [-0.2, -0.15) is 0 Å². The summed E-state index contributed by atoms with van der Waals surface area (Å²) in [6, 6.07) is 4.97. The normalized spacial score (nSPS) is 11.2. The quantitative estimate of drug-likeness (QED) is 0.739. The number of aryl methyl sites for hydroxylation is 1. The van der Waals surface area contributed by atoms with Crippen LogP contribution in [0.3, 0.4) is 0 Å². The minimum Gasteiger partial charge on any atom is -0.508 e. The SMILES string of the molecule is CCCCCCn1c(=O)c(OC(C)C)c(OC)c2ccc(O)cc21. The van der Waals surface area contributed by atoms with E-state index in [0.29, 0.717) is 17.8 Å². The number of benzene rings is 1. The first-order valence-electron chi connectivity index (χ1n) is 8.59. The Morgan fingerprint density at radius 2 is 1.92 bits per heavy atom. The number of hydrogen-bond donors (Lipinski definition) is 1. The van der Waals surface area contributed by atoms with Gasteiger partial charge in [-0.25, -0.2) is 0 Å². The van der Waals surface area contributed by atoms with Crippen LogP contribution in [0.2, 0.25) is 0 Å². The number of phenols is 1. The van der Waals surface area contributed by atoms with Crippen LogP contribution in [0, 0.1) is 0 Å². The summed E-state index contributed by atoms with van der Waals surface area (Å²) in [6.07, 6.45) is 4.13. The van der Waals surface area contributed by atoms with E-state index in [1.54, 1.807) is 22.8 Å². The number of pyridine rings is 1. The smallest absolute Gasteiger partial charge is 0.297 e. The highest BCUT2D eigenvalue weighted by Gasteiger charge is 2.20. The zero-order valence-electron chi connectivity index (χ0n) is 15.0. The molecular weight excluding hydrogens is 306 g/mol. The minimum atomic E-state index is -0.213. The molecule has 1 aromatic heterocycles. The molecule has 1 aromatic carbocycles. The van der Waals surface area contributed by atoms with Crippen molar-refractivity contribution in [2.24, 2.45) is 0 Å². The number of aromatic hydroxyl groups is 1. The molecule has 0 bridgehead atoms. The Morgan fingerprint density at radius 1 is 1.17 bits per heavy atom. The minimum absolute atomic E-state index is 0.129. The number of fused-ring (bicyclic) bond motifs is 1. The Kier molecular flexibility index (Phi) is 6.12. The average molecular weight is 333 g/mol.